The molecule has 0 radical (unpaired) electrons. The van der Waals surface area contributed by atoms with Crippen LogP contribution in [0.25, 0.3) is 0 Å². The van der Waals surface area contributed by atoms with E-state index in [1.165, 1.54) is 82.6 Å². The Kier molecular flexibility index (Phi) is 15.3. The van der Waals surface area contributed by atoms with Crippen LogP contribution in [0, 0.1) is 0 Å². The number of hydrogen-bond acceptors (Lipinski definition) is 4. The Hall–Kier alpha value is -2.04. The van der Waals surface area contributed by atoms with Crippen LogP contribution in [0.3, 0.4) is 0 Å². The third kappa shape index (κ3) is 12.4. The first-order valence-corrected chi connectivity index (χ1v) is 12.1. The second-order valence-electron chi connectivity index (χ2n) is 8.32. The van der Waals surface area contributed by atoms with Crippen molar-refractivity contribution in [1.29, 1.82) is 0 Å². The molecule has 0 atom stereocenters. The molecule has 1 aromatic carbocycles. The molecule has 0 heterocycles. The van der Waals surface area contributed by atoms with Crippen molar-refractivity contribution in [2.75, 3.05) is 27.3 Å². The number of nitrogens with zero attached hydrogens (tertiary/aromatic N) is 1. The molecule has 1 aromatic rings. The summed E-state index contributed by atoms with van der Waals surface area (Å²) in [6.45, 7) is 2.62. The summed E-state index contributed by atoms with van der Waals surface area (Å²) in [5.74, 6) is -0.125. The molecular weight excluding hydrogens is 390 g/mol. The molecule has 0 fully saturated rings. The van der Waals surface area contributed by atoms with Crippen LogP contribution in [-0.4, -0.2) is 44.1 Å². The van der Waals surface area contributed by atoms with Crippen molar-refractivity contribution in [3.63, 3.8) is 0 Å². The number of hydrogen-bond donors (Lipinski definition) is 0. The normalized spacial score (nSPS) is 10.7. The molecule has 176 valence electrons. The lowest BCUT2D eigenvalue weighted by atomic mass is 10.0. The highest BCUT2D eigenvalue weighted by molar-refractivity contribution is 5.98. The zero-order valence-corrected chi connectivity index (χ0v) is 20.0. The highest BCUT2D eigenvalue weighted by Gasteiger charge is 2.18. The monoisotopic (exact) mass is 433 g/mol. The number of rotatable bonds is 18. The van der Waals surface area contributed by atoms with E-state index in [-0.39, 0.29) is 18.4 Å². The highest BCUT2D eigenvalue weighted by Crippen LogP contribution is 2.18. The molecule has 0 spiro atoms. The predicted octanol–water partition coefficient (Wildman–Crippen LogP) is 6.40. The first-order chi connectivity index (χ1) is 15.1. The van der Waals surface area contributed by atoms with Crippen molar-refractivity contribution < 1.29 is 19.1 Å². The summed E-state index contributed by atoms with van der Waals surface area (Å²) in [7, 11) is 3.12. The van der Waals surface area contributed by atoms with Gasteiger partial charge in [-0.05, 0) is 18.6 Å². The topological polar surface area (TPSA) is 55.8 Å². The molecule has 0 unspecified atom stereocenters. The summed E-state index contributed by atoms with van der Waals surface area (Å²) in [6, 6.07) is 7.00. The summed E-state index contributed by atoms with van der Waals surface area (Å²) in [6.07, 6.45) is 16.7. The van der Waals surface area contributed by atoms with E-state index in [2.05, 4.69) is 6.92 Å². The lowest BCUT2D eigenvalue weighted by Crippen LogP contribution is -2.33. The summed E-state index contributed by atoms with van der Waals surface area (Å²) in [5, 5.41) is 0. The zero-order chi connectivity index (χ0) is 22.7. The molecule has 31 heavy (non-hydrogen) atoms. The maximum Gasteiger partial charge on any atom is 0.325 e. The average Bonchev–Trinajstić information content (AvgIpc) is 2.78. The number of amides is 1. The lowest BCUT2D eigenvalue weighted by molar-refractivity contribution is -0.144. The van der Waals surface area contributed by atoms with Gasteiger partial charge in [-0.15, -0.1) is 0 Å². The Morgan fingerprint density at radius 3 is 1.87 bits per heavy atom. The van der Waals surface area contributed by atoms with Crippen molar-refractivity contribution >= 4 is 11.9 Å². The second-order valence-corrected chi connectivity index (χ2v) is 8.32. The van der Waals surface area contributed by atoms with Crippen LogP contribution in [0.2, 0.25) is 0 Å². The van der Waals surface area contributed by atoms with Gasteiger partial charge in [-0.25, -0.2) is 0 Å². The van der Waals surface area contributed by atoms with Crippen LogP contribution in [0.4, 0.5) is 0 Å². The van der Waals surface area contributed by atoms with Crippen LogP contribution in [0.15, 0.2) is 24.3 Å². The SMILES string of the molecule is CCCCCCCCCCCCCCCOC(=O)CN(C)C(=O)c1ccccc1OC. The number of ether oxygens (including phenoxy) is 2. The van der Waals surface area contributed by atoms with Gasteiger partial charge in [0.15, 0.2) is 0 Å². The van der Waals surface area contributed by atoms with Gasteiger partial charge in [0, 0.05) is 7.05 Å². The van der Waals surface area contributed by atoms with Gasteiger partial charge in [-0.1, -0.05) is 96.1 Å². The minimum Gasteiger partial charge on any atom is -0.496 e. The number of esters is 1. The summed E-state index contributed by atoms with van der Waals surface area (Å²) < 4.78 is 10.5. The molecule has 0 saturated carbocycles. The number of unbranched alkanes of at least 4 members (excludes halogenated alkanes) is 12. The standard InChI is InChI=1S/C26H43NO4/c1-4-5-6-7-8-9-10-11-12-13-14-15-18-21-31-25(28)22-27(2)26(29)23-19-16-17-20-24(23)30-3/h16-17,19-20H,4-15,18,21-22H2,1-3H3. The summed E-state index contributed by atoms with van der Waals surface area (Å²) in [4.78, 5) is 25.9. The molecule has 0 aromatic heterocycles. The van der Waals surface area contributed by atoms with E-state index in [1.807, 2.05) is 0 Å². The van der Waals surface area contributed by atoms with Crippen molar-refractivity contribution in [2.45, 2.75) is 90.4 Å². The Bertz CT molecular complexity index is 617. The Labute approximate surface area is 189 Å². The fraction of sp³-hybridized carbons (Fsp3) is 0.692. The van der Waals surface area contributed by atoms with E-state index in [0.29, 0.717) is 17.9 Å². The number of likely N-dealkylation sites (N-methyl/N-ethyl adjacent to an activating group) is 1. The van der Waals surface area contributed by atoms with E-state index in [4.69, 9.17) is 9.47 Å². The van der Waals surface area contributed by atoms with E-state index in [0.717, 1.165) is 12.8 Å². The van der Waals surface area contributed by atoms with Crippen LogP contribution < -0.4 is 4.74 Å². The maximum absolute atomic E-state index is 12.5. The van der Waals surface area contributed by atoms with Gasteiger partial charge >= 0.3 is 5.97 Å². The maximum atomic E-state index is 12.5. The van der Waals surface area contributed by atoms with Gasteiger partial charge in [-0.3, -0.25) is 9.59 Å². The van der Waals surface area contributed by atoms with E-state index in [9.17, 15) is 9.59 Å². The highest BCUT2D eigenvalue weighted by atomic mass is 16.5. The minimum atomic E-state index is -0.371. The minimum absolute atomic E-state index is 0.0602. The van der Waals surface area contributed by atoms with E-state index < -0.39 is 0 Å². The zero-order valence-electron chi connectivity index (χ0n) is 20.0. The first kappa shape index (κ1) is 27.0. The molecule has 0 saturated heterocycles. The Balaban J connectivity index is 2.01. The van der Waals surface area contributed by atoms with Crippen LogP contribution >= 0.6 is 0 Å². The summed E-state index contributed by atoms with van der Waals surface area (Å²) >= 11 is 0. The molecule has 5 nitrogen and oxygen atoms in total. The van der Waals surface area contributed by atoms with Crippen LogP contribution in [-0.2, 0) is 9.53 Å². The number of para-hydroxylation sites is 1. The number of methoxy groups -OCH3 is 1. The summed E-state index contributed by atoms with van der Waals surface area (Å²) in [5.41, 5.74) is 0.441. The molecule has 1 amide bonds. The quantitative estimate of drug-likeness (QED) is 0.198. The van der Waals surface area contributed by atoms with Gasteiger partial charge in [0.1, 0.15) is 12.3 Å². The second kappa shape index (κ2) is 17.6. The fourth-order valence-corrected chi connectivity index (χ4v) is 3.64. The van der Waals surface area contributed by atoms with Gasteiger partial charge < -0.3 is 14.4 Å². The molecular formula is C26H43NO4. The molecule has 0 aliphatic carbocycles. The molecule has 0 aliphatic rings. The largest absolute Gasteiger partial charge is 0.496 e. The third-order valence-electron chi connectivity index (χ3n) is 5.56. The lowest BCUT2D eigenvalue weighted by Gasteiger charge is -2.17. The molecule has 1 rings (SSSR count). The van der Waals surface area contributed by atoms with Gasteiger partial charge in [0.2, 0.25) is 0 Å². The average molecular weight is 434 g/mol. The first-order valence-electron chi connectivity index (χ1n) is 12.1. The van der Waals surface area contributed by atoms with E-state index in [1.54, 1.807) is 31.3 Å². The van der Waals surface area contributed by atoms with Gasteiger partial charge in [-0.2, -0.15) is 0 Å². The predicted molar refractivity (Wildman–Crippen MR) is 127 cm³/mol. The van der Waals surface area contributed by atoms with Crippen LogP contribution in [0.1, 0.15) is 101 Å². The van der Waals surface area contributed by atoms with Gasteiger partial charge in [0.05, 0.1) is 19.3 Å². The van der Waals surface area contributed by atoms with Crippen molar-refractivity contribution in [3.05, 3.63) is 29.8 Å². The van der Waals surface area contributed by atoms with Crippen molar-refractivity contribution in [2.24, 2.45) is 0 Å². The van der Waals surface area contributed by atoms with Crippen molar-refractivity contribution in [1.82, 2.24) is 4.90 Å². The van der Waals surface area contributed by atoms with E-state index >= 15 is 0 Å². The smallest absolute Gasteiger partial charge is 0.325 e. The molecule has 0 N–H and O–H groups in total. The molecule has 0 aliphatic heterocycles. The Morgan fingerprint density at radius 1 is 0.806 bits per heavy atom. The number of carbonyl (C=O) groups excluding carboxylic acids is 2. The van der Waals surface area contributed by atoms with Gasteiger partial charge in [0.25, 0.3) is 5.91 Å². The Morgan fingerprint density at radius 2 is 1.32 bits per heavy atom. The van der Waals surface area contributed by atoms with Crippen molar-refractivity contribution in [3.8, 4) is 5.75 Å². The number of benzene rings is 1. The molecule has 5 heteroatoms. The molecule has 0 bridgehead atoms. The van der Waals surface area contributed by atoms with Crippen LogP contribution in [0.5, 0.6) is 5.75 Å². The third-order valence-corrected chi connectivity index (χ3v) is 5.56. The number of carbonyl (C=O) groups is 2. The fourth-order valence-electron chi connectivity index (χ4n) is 3.64.